The van der Waals surface area contributed by atoms with Gasteiger partial charge in [0.25, 0.3) is 0 Å². The number of piperidine rings is 1. The smallest absolute Gasteiger partial charge is 0.0513 e. The molecule has 1 aliphatic rings. The first kappa shape index (κ1) is 16.8. The fourth-order valence-electron chi connectivity index (χ4n) is 3.31. The lowest BCUT2D eigenvalue weighted by atomic mass is 9.97. The van der Waals surface area contributed by atoms with Gasteiger partial charge in [0.05, 0.1) is 5.69 Å². The molecule has 1 aromatic rings. The molecule has 0 amide bonds. The monoisotopic (exact) mass is 352 g/mol. The minimum absolute atomic E-state index is 0.269. The molecule has 0 saturated carbocycles. The van der Waals surface area contributed by atoms with E-state index in [-0.39, 0.29) is 6.04 Å². The summed E-state index contributed by atoms with van der Waals surface area (Å²) in [6.45, 7) is 5.63. The fourth-order valence-corrected chi connectivity index (χ4v) is 3.96. The molecule has 3 heteroatoms. The average molecular weight is 353 g/mol. The lowest BCUT2D eigenvalue weighted by Crippen LogP contribution is -2.39. The SMILES string of the molecule is CCCC1CCCCN1c1ccc(CC(N)CC)cc1Br. The van der Waals surface area contributed by atoms with Gasteiger partial charge in [-0.15, -0.1) is 0 Å². The molecule has 2 rings (SSSR count). The summed E-state index contributed by atoms with van der Waals surface area (Å²) < 4.78 is 1.23. The van der Waals surface area contributed by atoms with Crippen molar-refractivity contribution in [1.29, 1.82) is 0 Å². The lowest BCUT2D eigenvalue weighted by molar-refractivity contribution is 0.434. The van der Waals surface area contributed by atoms with Crippen LogP contribution >= 0.6 is 15.9 Å². The van der Waals surface area contributed by atoms with Gasteiger partial charge >= 0.3 is 0 Å². The van der Waals surface area contributed by atoms with Gasteiger partial charge < -0.3 is 10.6 Å². The second kappa shape index (κ2) is 8.19. The van der Waals surface area contributed by atoms with Crippen molar-refractivity contribution in [3.05, 3.63) is 28.2 Å². The highest BCUT2D eigenvalue weighted by Gasteiger charge is 2.23. The minimum Gasteiger partial charge on any atom is -0.368 e. The maximum atomic E-state index is 6.07. The summed E-state index contributed by atoms with van der Waals surface area (Å²) in [5, 5.41) is 0. The zero-order valence-electron chi connectivity index (χ0n) is 13.4. The topological polar surface area (TPSA) is 29.3 Å². The van der Waals surface area contributed by atoms with Gasteiger partial charge in [-0.3, -0.25) is 0 Å². The summed E-state index contributed by atoms with van der Waals surface area (Å²) in [6, 6.07) is 7.79. The molecule has 1 fully saturated rings. The molecule has 0 aromatic heterocycles. The van der Waals surface area contributed by atoms with Crippen molar-refractivity contribution in [2.75, 3.05) is 11.4 Å². The molecule has 0 aliphatic carbocycles. The van der Waals surface area contributed by atoms with Gasteiger partial charge in [0, 0.05) is 23.1 Å². The van der Waals surface area contributed by atoms with Crippen LogP contribution in [0.1, 0.15) is 57.9 Å². The van der Waals surface area contributed by atoms with Crippen molar-refractivity contribution in [3.8, 4) is 0 Å². The van der Waals surface area contributed by atoms with Crippen LogP contribution < -0.4 is 10.6 Å². The van der Waals surface area contributed by atoms with E-state index in [1.165, 1.54) is 54.4 Å². The van der Waals surface area contributed by atoms with Crippen molar-refractivity contribution in [2.24, 2.45) is 5.73 Å². The van der Waals surface area contributed by atoms with Crippen molar-refractivity contribution in [1.82, 2.24) is 0 Å². The zero-order valence-corrected chi connectivity index (χ0v) is 15.0. The van der Waals surface area contributed by atoms with Crippen LogP contribution in [-0.4, -0.2) is 18.6 Å². The summed E-state index contributed by atoms with van der Waals surface area (Å²) in [4.78, 5) is 2.61. The van der Waals surface area contributed by atoms with Crippen LogP contribution in [0.25, 0.3) is 0 Å². The zero-order chi connectivity index (χ0) is 15.2. The number of hydrogen-bond donors (Lipinski definition) is 1. The van der Waals surface area contributed by atoms with Gasteiger partial charge in [0.15, 0.2) is 0 Å². The third-order valence-electron chi connectivity index (χ3n) is 4.59. The van der Waals surface area contributed by atoms with Crippen molar-refractivity contribution < 1.29 is 0 Å². The van der Waals surface area contributed by atoms with E-state index < -0.39 is 0 Å². The Hall–Kier alpha value is -0.540. The van der Waals surface area contributed by atoms with Gasteiger partial charge in [-0.05, 0) is 72.2 Å². The summed E-state index contributed by atoms with van der Waals surface area (Å²) in [7, 11) is 0. The van der Waals surface area contributed by atoms with Crippen molar-refractivity contribution in [2.45, 2.75) is 70.9 Å². The van der Waals surface area contributed by atoms with E-state index in [2.05, 4.69) is 52.9 Å². The highest BCUT2D eigenvalue weighted by Crippen LogP contribution is 2.33. The van der Waals surface area contributed by atoms with E-state index in [1.807, 2.05) is 0 Å². The Morgan fingerprint density at radius 3 is 2.81 bits per heavy atom. The Morgan fingerprint density at radius 2 is 2.14 bits per heavy atom. The Morgan fingerprint density at radius 1 is 1.33 bits per heavy atom. The molecule has 1 saturated heterocycles. The summed E-state index contributed by atoms with van der Waals surface area (Å²) in [5.74, 6) is 0. The van der Waals surface area contributed by atoms with Crippen LogP contribution in [0.4, 0.5) is 5.69 Å². The second-order valence-electron chi connectivity index (χ2n) is 6.29. The number of benzene rings is 1. The Bertz CT molecular complexity index is 445. The number of nitrogens with two attached hydrogens (primary N) is 1. The molecule has 2 atom stereocenters. The molecule has 2 nitrogen and oxygen atoms in total. The molecular formula is C18H29BrN2. The van der Waals surface area contributed by atoms with Gasteiger partial charge in [-0.25, -0.2) is 0 Å². The maximum Gasteiger partial charge on any atom is 0.0513 e. The molecular weight excluding hydrogens is 324 g/mol. The molecule has 1 heterocycles. The quantitative estimate of drug-likeness (QED) is 0.789. The number of anilines is 1. The van der Waals surface area contributed by atoms with Gasteiger partial charge in [-0.1, -0.05) is 26.3 Å². The number of halogens is 1. The Balaban J connectivity index is 2.15. The predicted molar refractivity (Wildman–Crippen MR) is 96.0 cm³/mol. The van der Waals surface area contributed by atoms with Crippen LogP contribution in [0.2, 0.25) is 0 Å². The van der Waals surface area contributed by atoms with Gasteiger partial charge in [0.2, 0.25) is 0 Å². The molecule has 2 N–H and O–H groups in total. The van der Waals surface area contributed by atoms with Crippen LogP contribution in [0.15, 0.2) is 22.7 Å². The van der Waals surface area contributed by atoms with E-state index >= 15 is 0 Å². The largest absolute Gasteiger partial charge is 0.368 e. The first-order valence-corrected chi connectivity index (χ1v) is 9.25. The maximum absolute atomic E-state index is 6.07. The van der Waals surface area contributed by atoms with E-state index in [9.17, 15) is 0 Å². The summed E-state index contributed by atoms with van der Waals surface area (Å²) >= 11 is 3.79. The second-order valence-corrected chi connectivity index (χ2v) is 7.14. The number of hydrogen-bond acceptors (Lipinski definition) is 2. The summed E-state index contributed by atoms with van der Waals surface area (Å²) in [6.07, 6.45) is 8.59. The van der Waals surface area contributed by atoms with E-state index in [1.54, 1.807) is 0 Å². The van der Waals surface area contributed by atoms with Crippen molar-refractivity contribution >= 4 is 21.6 Å². The molecule has 21 heavy (non-hydrogen) atoms. The van der Waals surface area contributed by atoms with E-state index in [0.29, 0.717) is 6.04 Å². The number of nitrogens with zero attached hydrogens (tertiary/aromatic N) is 1. The van der Waals surface area contributed by atoms with Crippen LogP contribution in [0.5, 0.6) is 0 Å². The molecule has 0 spiro atoms. The van der Waals surface area contributed by atoms with Crippen molar-refractivity contribution in [3.63, 3.8) is 0 Å². The molecule has 118 valence electrons. The van der Waals surface area contributed by atoms with Crippen LogP contribution in [0.3, 0.4) is 0 Å². The minimum atomic E-state index is 0.269. The van der Waals surface area contributed by atoms with Crippen LogP contribution in [0, 0.1) is 0 Å². The molecule has 1 aromatic carbocycles. The first-order chi connectivity index (χ1) is 10.2. The standard InChI is InChI=1S/C18H29BrN2/c1-3-7-16-8-5-6-11-21(16)18-10-9-14(13-17(18)19)12-15(20)4-2/h9-10,13,15-16H,3-8,11-12,20H2,1-2H3. The third-order valence-corrected chi connectivity index (χ3v) is 5.23. The van der Waals surface area contributed by atoms with E-state index in [0.717, 1.165) is 12.8 Å². The van der Waals surface area contributed by atoms with Gasteiger partial charge in [0.1, 0.15) is 0 Å². The highest BCUT2D eigenvalue weighted by molar-refractivity contribution is 9.10. The number of rotatable bonds is 6. The Labute approximate surface area is 138 Å². The highest BCUT2D eigenvalue weighted by atomic mass is 79.9. The molecule has 2 unspecified atom stereocenters. The fraction of sp³-hybridized carbons (Fsp3) is 0.667. The normalized spacial score (nSPS) is 20.6. The predicted octanol–water partition coefficient (Wildman–Crippen LogP) is 4.89. The molecule has 0 bridgehead atoms. The average Bonchev–Trinajstić information content (AvgIpc) is 2.48. The third kappa shape index (κ3) is 4.46. The van der Waals surface area contributed by atoms with Crippen LogP contribution in [-0.2, 0) is 6.42 Å². The Kier molecular flexibility index (Phi) is 6.56. The first-order valence-electron chi connectivity index (χ1n) is 8.46. The van der Waals surface area contributed by atoms with Gasteiger partial charge in [-0.2, -0.15) is 0 Å². The molecule has 1 aliphatic heterocycles. The lowest BCUT2D eigenvalue weighted by Gasteiger charge is -2.38. The molecule has 0 radical (unpaired) electrons. The summed E-state index contributed by atoms with van der Waals surface area (Å²) in [5.41, 5.74) is 8.77. The van der Waals surface area contributed by atoms with E-state index in [4.69, 9.17) is 5.73 Å².